The van der Waals surface area contributed by atoms with Gasteiger partial charge in [0.2, 0.25) is 5.91 Å². The van der Waals surface area contributed by atoms with Crippen LogP contribution in [0.1, 0.15) is 74.6 Å². The average Bonchev–Trinajstić information content (AvgIpc) is 3.18. The predicted octanol–water partition coefficient (Wildman–Crippen LogP) is 4.54. The van der Waals surface area contributed by atoms with Crippen molar-refractivity contribution in [2.45, 2.75) is 80.7 Å². The highest BCUT2D eigenvalue weighted by Crippen LogP contribution is 2.55. The molecule has 0 aliphatic heterocycles. The van der Waals surface area contributed by atoms with E-state index in [9.17, 15) is 9.59 Å². The lowest BCUT2D eigenvalue weighted by Crippen LogP contribution is -2.60. The summed E-state index contributed by atoms with van der Waals surface area (Å²) < 4.78 is 0. The van der Waals surface area contributed by atoms with Gasteiger partial charge < -0.3 is 10.6 Å². The summed E-state index contributed by atoms with van der Waals surface area (Å²) >= 11 is 1.50. The maximum atomic E-state index is 12.8. The zero-order chi connectivity index (χ0) is 19.8. The van der Waals surface area contributed by atoms with Crippen LogP contribution in [0.3, 0.4) is 0 Å². The van der Waals surface area contributed by atoms with Crippen molar-refractivity contribution in [1.29, 1.82) is 0 Å². The second-order valence-electron chi connectivity index (χ2n) is 9.99. The number of amides is 2. The van der Waals surface area contributed by atoms with Crippen molar-refractivity contribution in [3.05, 3.63) is 29.8 Å². The van der Waals surface area contributed by atoms with Crippen molar-refractivity contribution < 1.29 is 9.59 Å². The molecule has 0 spiro atoms. The summed E-state index contributed by atoms with van der Waals surface area (Å²) in [4.78, 5) is 26.5. The van der Waals surface area contributed by atoms with Crippen LogP contribution in [0.15, 0.2) is 29.2 Å². The summed E-state index contributed by atoms with van der Waals surface area (Å²) in [6.45, 7) is 0. The van der Waals surface area contributed by atoms with Crippen LogP contribution in [0.25, 0.3) is 0 Å². The molecule has 156 valence electrons. The van der Waals surface area contributed by atoms with Gasteiger partial charge in [-0.05, 0) is 81.3 Å². The van der Waals surface area contributed by atoms with Crippen LogP contribution < -0.4 is 10.6 Å². The van der Waals surface area contributed by atoms with E-state index in [2.05, 4.69) is 10.6 Å². The highest BCUT2D eigenvalue weighted by molar-refractivity contribution is 8.00. The minimum absolute atomic E-state index is 0.00138. The Bertz CT molecular complexity index is 752. The topological polar surface area (TPSA) is 58.2 Å². The Hall–Kier alpha value is -1.49. The first-order valence-electron chi connectivity index (χ1n) is 11.4. The summed E-state index contributed by atoms with van der Waals surface area (Å²) in [6, 6.07) is 8.00. The summed E-state index contributed by atoms with van der Waals surface area (Å²) in [5.74, 6) is 3.00. The first kappa shape index (κ1) is 19.5. The lowest BCUT2D eigenvalue weighted by atomic mass is 9.53. The van der Waals surface area contributed by atoms with Crippen LogP contribution in [-0.2, 0) is 4.79 Å². The van der Waals surface area contributed by atoms with Gasteiger partial charge in [0.1, 0.15) is 0 Å². The Morgan fingerprint density at radius 3 is 2.24 bits per heavy atom. The van der Waals surface area contributed by atoms with E-state index in [0.29, 0.717) is 17.4 Å². The molecule has 1 aromatic rings. The Balaban J connectivity index is 1.19. The molecule has 2 amide bonds. The second kappa shape index (κ2) is 7.98. The quantitative estimate of drug-likeness (QED) is 0.675. The van der Waals surface area contributed by atoms with Crippen molar-refractivity contribution >= 4 is 23.6 Å². The van der Waals surface area contributed by atoms with E-state index in [0.717, 1.165) is 35.5 Å². The fourth-order valence-corrected chi connectivity index (χ4v) is 7.70. The first-order chi connectivity index (χ1) is 14.1. The molecule has 2 N–H and O–H groups in total. The highest BCUT2D eigenvalue weighted by atomic mass is 32.2. The van der Waals surface area contributed by atoms with E-state index >= 15 is 0 Å². The maximum Gasteiger partial charge on any atom is 0.252 e. The molecule has 0 saturated heterocycles. The summed E-state index contributed by atoms with van der Waals surface area (Å²) in [6.07, 6.45) is 12.2. The first-order valence-corrected chi connectivity index (χ1v) is 12.4. The fourth-order valence-electron chi connectivity index (χ4n) is 6.85. The number of thioether (sulfide) groups is 1. The molecule has 4 bridgehead atoms. The predicted molar refractivity (Wildman–Crippen MR) is 116 cm³/mol. The minimum Gasteiger partial charge on any atom is -0.350 e. The van der Waals surface area contributed by atoms with E-state index in [4.69, 9.17) is 0 Å². The third kappa shape index (κ3) is 4.21. The summed E-state index contributed by atoms with van der Waals surface area (Å²) in [5, 5.41) is 6.62. The molecule has 5 heteroatoms. The number of hydrogen-bond acceptors (Lipinski definition) is 3. The Morgan fingerprint density at radius 2 is 1.59 bits per heavy atom. The molecular weight excluding hydrogens is 380 g/mol. The SMILES string of the molecule is O=C(CSc1ccccc1C(=O)NC1CCCC1)NC12CC3CC(CC(C3)C1)C2. The molecule has 5 aliphatic carbocycles. The molecule has 4 nitrogen and oxygen atoms in total. The van der Waals surface area contributed by atoms with Crippen LogP contribution in [0, 0.1) is 17.8 Å². The largest absolute Gasteiger partial charge is 0.350 e. The molecule has 0 heterocycles. The van der Waals surface area contributed by atoms with Crippen molar-refractivity contribution in [2.24, 2.45) is 17.8 Å². The van der Waals surface area contributed by atoms with Gasteiger partial charge in [0.05, 0.1) is 11.3 Å². The number of carbonyl (C=O) groups excluding carboxylic acids is 2. The maximum absolute atomic E-state index is 12.8. The normalized spacial score (nSPS) is 33.0. The van der Waals surface area contributed by atoms with Gasteiger partial charge in [-0.1, -0.05) is 25.0 Å². The van der Waals surface area contributed by atoms with Crippen LogP contribution in [0.2, 0.25) is 0 Å². The van der Waals surface area contributed by atoms with Crippen molar-refractivity contribution in [2.75, 3.05) is 5.75 Å². The monoisotopic (exact) mass is 412 g/mol. The number of rotatable bonds is 6. The van der Waals surface area contributed by atoms with E-state index in [1.54, 1.807) is 0 Å². The van der Waals surface area contributed by atoms with Gasteiger partial charge in [0.15, 0.2) is 0 Å². The van der Waals surface area contributed by atoms with Crippen molar-refractivity contribution in [3.63, 3.8) is 0 Å². The number of hydrogen-bond donors (Lipinski definition) is 2. The summed E-state index contributed by atoms with van der Waals surface area (Å²) in [7, 11) is 0. The summed E-state index contributed by atoms with van der Waals surface area (Å²) in [5.41, 5.74) is 0.762. The zero-order valence-electron chi connectivity index (χ0n) is 17.1. The molecule has 5 saturated carbocycles. The van der Waals surface area contributed by atoms with Gasteiger partial charge >= 0.3 is 0 Å². The van der Waals surface area contributed by atoms with Gasteiger partial charge in [-0.25, -0.2) is 0 Å². The zero-order valence-corrected chi connectivity index (χ0v) is 17.9. The average molecular weight is 413 g/mol. The highest BCUT2D eigenvalue weighted by Gasteiger charge is 2.51. The van der Waals surface area contributed by atoms with Crippen LogP contribution >= 0.6 is 11.8 Å². The molecule has 1 aromatic carbocycles. The molecule has 5 aliphatic rings. The van der Waals surface area contributed by atoms with Crippen LogP contribution in [0.5, 0.6) is 0 Å². The van der Waals surface area contributed by atoms with Gasteiger partial charge in [0.25, 0.3) is 5.91 Å². The smallest absolute Gasteiger partial charge is 0.252 e. The van der Waals surface area contributed by atoms with Crippen LogP contribution in [-0.4, -0.2) is 29.1 Å². The third-order valence-corrected chi connectivity index (χ3v) is 8.70. The number of benzene rings is 1. The van der Waals surface area contributed by atoms with Gasteiger partial charge in [-0.15, -0.1) is 11.8 Å². The van der Waals surface area contributed by atoms with Crippen molar-refractivity contribution in [1.82, 2.24) is 10.6 Å². The van der Waals surface area contributed by atoms with Crippen molar-refractivity contribution in [3.8, 4) is 0 Å². The molecule has 0 radical (unpaired) electrons. The molecular formula is C24H32N2O2S. The van der Waals surface area contributed by atoms with E-state index < -0.39 is 0 Å². The number of carbonyl (C=O) groups is 2. The standard InChI is InChI=1S/C24H32N2O2S/c27-22(26-24-12-16-9-17(13-24)11-18(10-16)14-24)15-29-21-8-4-3-7-20(21)23(28)25-19-5-1-2-6-19/h3-4,7-8,16-19H,1-2,5-6,9-15H2,(H,25,28)(H,26,27). The Labute approximate surface area is 178 Å². The Morgan fingerprint density at radius 1 is 0.966 bits per heavy atom. The third-order valence-electron chi connectivity index (χ3n) is 7.62. The van der Waals surface area contributed by atoms with E-state index in [-0.39, 0.29) is 17.4 Å². The molecule has 0 aromatic heterocycles. The molecule has 6 rings (SSSR count). The fraction of sp³-hybridized carbons (Fsp3) is 0.667. The molecule has 0 atom stereocenters. The van der Waals surface area contributed by atoms with Gasteiger partial charge in [0, 0.05) is 16.5 Å². The molecule has 0 unspecified atom stereocenters. The number of nitrogens with one attached hydrogen (secondary N) is 2. The van der Waals surface area contributed by atoms with E-state index in [1.165, 1.54) is 63.1 Å². The second-order valence-corrected chi connectivity index (χ2v) is 11.0. The van der Waals surface area contributed by atoms with Gasteiger partial charge in [-0.2, -0.15) is 0 Å². The van der Waals surface area contributed by atoms with Gasteiger partial charge in [-0.3, -0.25) is 9.59 Å². The Kier molecular flexibility index (Phi) is 5.35. The minimum atomic E-state index is 0.00138. The lowest BCUT2D eigenvalue weighted by molar-refractivity contribution is -0.124. The molecule has 29 heavy (non-hydrogen) atoms. The molecule has 5 fully saturated rings. The van der Waals surface area contributed by atoms with Crippen LogP contribution in [0.4, 0.5) is 0 Å². The van der Waals surface area contributed by atoms with E-state index in [1.807, 2.05) is 24.3 Å². The lowest BCUT2D eigenvalue weighted by Gasteiger charge is -2.56.